The second-order valence-corrected chi connectivity index (χ2v) is 5.56. The van der Waals surface area contributed by atoms with Crippen LogP contribution in [0.4, 0.5) is 0 Å². The summed E-state index contributed by atoms with van der Waals surface area (Å²) in [5, 5.41) is 15.2. The first-order chi connectivity index (χ1) is 10.7. The van der Waals surface area contributed by atoms with Crippen molar-refractivity contribution in [3.63, 3.8) is 0 Å². The highest BCUT2D eigenvalue weighted by atomic mass is 16.5. The van der Waals surface area contributed by atoms with Gasteiger partial charge in [-0.2, -0.15) is 4.52 Å². The molecule has 1 aliphatic rings. The molecule has 0 aromatic carbocycles. The van der Waals surface area contributed by atoms with Crippen molar-refractivity contribution in [3.8, 4) is 0 Å². The van der Waals surface area contributed by atoms with Crippen LogP contribution >= 0.6 is 0 Å². The third kappa shape index (κ3) is 2.32. The summed E-state index contributed by atoms with van der Waals surface area (Å²) >= 11 is 0. The third-order valence-corrected chi connectivity index (χ3v) is 3.74. The normalized spacial score (nSPS) is 14.4. The predicted molar refractivity (Wildman–Crippen MR) is 75.1 cm³/mol. The molecule has 0 unspecified atom stereocenters. The van der Waals surface area contributed by atoms with Gasteiger partial charge in [-0.05, 0) is 35.4 Å². The van der Waals surface area contributed by atoms with Crippen LogP contribution in [0.15, 0.2) is 28.9 Å². The van der Waals surface area contributed by atoms with Crippen molar-refractivity contribution in [2.45, 2.75) is 25.3 Å². The highest BCUT2D eigenvalue weighted by molar-refractivity contribution is 5.93. The van der Waals surface area contributed by atoms with E-state index in [1.54, 1.807) is 30.3 Å². The fourth-order valence-electron chi connectivity index (χ4n) is 2.37. The van der Waals surface area contributed by atoms with Crippen LogP contribution in [0.5, 0.6) is 0 Å². The molecule has 3 aromatic rings. The summed E-state index contributed by atoms with van der Waals surface area (Å²) in [7, 11) is 1.73. The van der Waals surface area contributed by atoms with E-state index in [-0.39, 0.29) is 5.91 Å². The van der Waals surface area contributed by atoms with Gasteiger partial charge in [-0.15, -0.1) is 5.10 Å². The van der Waals surface area contributed by atoms with Gasteiger partial charge in [-0.3, -0.25) is 4.79 Å². The lowest BCUT2D eigenvalue weighted by molar-refractivity contribution is 0.0781. The average Bonchev–Trinajstić information content (AvgIpc) is 3.09. The lowest BCUT2D eigenvalue weighted by Crippen LogP contribution is -2.26. The summed E-state index contributed by atoms with van der Waals surface area (Å²) in [5.41, 5.74) is 1.89. The van der Waals surface area contributed by atoms with E-state index in [1.165, 1.54) is 4.52 Å². The van der Waals surface area contributed by atoms with Crippen molar-refractivity contribution in [2.24, 2.45) is 0 Å². The molecule has 1 aliphatic carbocycles. The molecule has 0 spiro atoms. The molecule has 3 heterocycles. The molecule has 3 aromatic heterocycles. The molecule has 0 radical (unpaired) electrons. The molecule has 1 fully saturated rings. The van der Waals surface area contributed by atoms with Gasteiger partial charge in [0.05, 0.1) is 12.1 Å². The molecule has 8 heteroatoms. The number of aromatic nitrogens is 5. The van der Waals surface area contributed by atoms with Gasteiger partial charge in [0.1, 0.15) is 11.5 Å². The number of tetrazole rings is 1. The Hall–Kier alpha value is -2.77. The van der Waals surface area contributed by atoms with Gasteiger partial charge in [-0.25, -0.2) is 0 Å². The lowest BCUT2D eigenvalue weighted by Gasteiger charge is -2.15. The Balaban J connectivity index is 1.50. The molecule has 8 nitrogen and oxygen atoms in total. The highest BCUT2D eigenvalue weighted by Crippen LogP contribution is 2.40. The second-order valence-electron chi connectivity index (χ2n) is 5.56. The Morgan fingerprint density at radius 1 is 1.45 bits per heavy atom. The van der Waals surface area contributed by atoms with E-state index in [0.29, 0.717) is 23.7 Å². The highest BCUT2D eigenvalue weighted by Gasteiger charge is 2.28. The van der Waals surface area contributed by atoms with Crippen LogP contribution < -0.4 is 0 Å². The fraction of sp³-hybridized carbons (Fsp3) is 0.357. The Bertz CT molecular complexity index is 835. The zero-order valence-electron chi connectivity index (χ0n) is 12.0. The number of pyridine rings is 1. The van der Waals surface area contributed by atoms with Gasteiger partial charge >= 0.3 is 0 Å². The minimum atomic E-state index is -0.117. The van der Waals surface area contributed by atoms with Crippen molar-refractivity contribution in [2.75, 3.05) is 7.05 Å². The molecule has 0 aliphatic heterocycles. The molecule has 4 rings (SSSR count). The maximum atomic E-state index is 12.5. The van der Waals surface area contributed by atoms with Crippen LogP contribution in [0, 0.1) is 0 Å². The third-order valence-electron chi connectivity index (χ3n) is 3.74. The first-order valence-corrected chi connectivity index (χ1v) is 7.09. The van der Waals surface area contributed by atoms with Crippen LogP contribution in [-0.2, 0) is 6.54 Å². The average molecular weight is 298 g/mol. The molecular weight excluding hydrogens is 284 g/mol. The smallest absolute Gasteiger partial charge is 0.255 e. The fourth-order valence-corrected chi connectivity index (χ4v) is 2.37. The molecule has 22 heavy (non-hydrogen) atoms. The SMILES string of the molecule is CN(Cc1cc(C2CC2)on1)C(=O)c1ccc2nnnn2c1. The molecular formula is C14H14N6O2. The number of carbonyl (C=O) groups excluding carboxylic acids is 1. The van der Waals surface area contributed by atoms with Crippen LogP contribution in [0.3, 0.4) is 0 Å². The number of hydrogen-bond acceptors (Lipinski definition) is 6. The molecule has 0 saturated heterocycles. The van der Waals surface area contributed by atoms with Crippen LogP contribution in [0.1, 0.15) is 40.6 Å². The number of nitrogens with zero attached hydrogens (tertiary/aromatic N) is 6. The van der Waals surface area contributed by atoms with Crippen molar-refractivity contribution in [1.29, 1.82) is 0 Å². The van der Waals surface area contributed by atoms with Crippen molar-refractivity contribution in [1.82, 2.24) is 30.1 Å². The topological polar surface area (TPSA) is 89.4 Å². The van der Waals surface area contributed by atoms with Crippen molar-refractivity contribution in [3.05, 3.63) is 41.4 Å². The number of carbonyl (C=O) groups is 1. The summed E-state index contributed by atoms with van der Waals surface area (Å²) in [5.74, 6) is 1.32. The molecule has 112 valence electrons. The zero-order valence-corrected chi connectivity index (χ0v) is 12.0. The van der Waals surface area contributed by atoms with Gasteiger partial charge in [0.25, 0.3) is 5.91 Å². The number of hydrogen-bond donors (Lipinski definition) is 0. The van der Waals surface area contributed by atoms with Gasteiger partial charge < -0.3 is 9.42 Å². The largest absolute Gasteiger partial charge is 0.361 e. The van der Waals surface area contributed by atoms with Gasteiger partial charge in [0, 0.05) is 25.2 Å². The number of rotatable bonds is 4. The van der Waals surface area contributed by atoms with Gasteiger partial charge in [-0.1, -0.05) is 5.16 Å². The summed E-state index contributed by atoms with van der Waals surface area (Å²) in [6.45, 7) is 0.405. The monoisotopic (exact) mass is 298 g/mol. The first kappa shape index (κ1) is 12.9. The van der Waals surface area contributed by atoms with Gasteiger partial charge in [0.2, 0.25) is 0 Å². The minimum Gasteiger partial charge on any atom is -0.361 e. The lowest BCUT2D eigenvalue weighted by atomic mass is 10.2. The first-order valence-electron chi connectivity index (χ1n) is 7.09. The number of amides is 1. The van der Waals surface area contributed by atoms with E-state index in [0.717, 1.165) is 24.3 Å². The second kappa shape index (κ2) is 4.90. The standard InChI is InChI=1S/C14H14N6O2/c1-19(8-11-6-12(22-16-11)9-2-3-9)14(21)10-4-5-13-15-17-18-20(13)7-10/h4-7,9H,2-3,8H2,1H3. The summed E-state index contributed by atoms with van der Waals surface area (Å²) in [6.07, 6.45) is 3.94. The Kier molecular flexibility index (Phi) is 2.88. The Labute approximate surface area is 125 Å². The van der Waals surface area contributed by atoms with Crippen LogP contribution in [0.2, 0.25) is 0 Å². The van der Waals surface area contributed by atoms with Crippen molar-refractivity contribution < 1.29 is 9.32 Å². The maximum Gasteiger partial charge on any atom is 0.255 e. The number of fused-ring (bicyclic) bond motifs is 1. The Morgan fingerprint density at radius 2 is 2.32 bits per heavy atom. The predicted octanol–water partition coefficient (Wildman–Crippen LogP) is 1.26. The summed E-state index contributed by atoms with van der Waals surface area (Å²) < 4.78 is 6.78. The summed E-state index contributed by atoms with van der Waals surface area (Å²) in [4.78, 5) is 14.1. The van der Waals surface area contributed by atoms with E-state index in [2.05, 4.69) is 20.7 Å². The Morgan fingerprint density at radius 3 is 3.14 bits per heavy atom. The van der Waals surface area contributed by atoms with Crippen LogP contribution in [0.25, 0.3) is 5.65 Å². The van der Waals surface area contributed by atoms with E-state index in [4.69, 9.17) is 4.52 Å². The van der Waals surface area contributed by atoms with Crippen molar-refractivity contribution >= 4 is 11.6 Å². The molecule has 0 bridgehead atoms. The van der Waals surface area contributed by atoms with E-state index in [1.807, 2.05) is 6.07 Å². The molecule has 1 amide bonds. The molecule has 0 N–H and O–H groups in total. The quantitative estimate of drug-likeness (QED) is 0.720. The van der Waals surface area contributed by atoms with Crippen LogP contribution in [-0.4, -0.2) is 43.1 Å². The molecule has 1 saturated carbocycles. The minimum absolute atomic E-state index is 0.117. The van der Waals surface area contributed by atoms with E-state index in [9.17, 15) is 4.79 Å². The van der Waals surface area contributed by atoms with E-state index >= 15 is 0 Å². The zero-order chi connectivity index (χ0) is 15.1. The molecule has 0 atom stereocenters. The summed E-state index contributed by atoms with van der Waals surface area (Å²) in [6, 6.07) is 5.36. The van der Waals surface area contributed by atoms with Gasteiger partial charge in [0.15, 0.2) is 5.65 Å². The van der Waals surface area contributed by atoms with E-state index < -0.39 is 0 Å². The maximum absolute atomic E-state index is 12.5.